The van der Waals surface area contributed by atoms with Crippen molar-refractivity contribution in [2.75, 3.05) is 24.6 Å². The molecule has 0 amide bonds. The second kappa shape index (κ2) is 9.34. The van der Waals surface area contributed by atoms with Gasteiger partial charge in [0.2, 0.25) is 0 Å². The maximum absolute atomic E-state index is 9.70. The summed E-state index contributed by atoms with van der Waals surface area (Å²) in [4.78, 5) is 2.40. The molecular weight excluding hydrogens is 430 g/mol. The van der Waals surface area contributed by atoms with Gasteiger partial charge in [0.05, 0.1) is 17.2 Å². The maximum Gasteiger partial charge on any atom is 0.192 e. The lowest BCUT2D eigenvalue weighted by molar-refractivity contribution is 0.0902. The Labute approximate surface area is 196 Å². The van der Waals surface area contributed by atoms with E-state index in [2.05, 4.69) is 87.2 Å². The van der Waals surface area contributed by atoms with Crippen LogP contribution in [0.5, 0.6) is 0 Å². The molecule has 5 nitrogen and oxygen atoms in total. The van der Waals surface area contributed by atoms with Gasteiger partial charge >= 0.3 is 0 Å². The largest absolute Gasteiger partial charge is 0.412 e. The normalized spacial score (nSPS) is 17.8. The third-order valence-corrected chi connectivity index (χ3v) is 13.2. The van der Waals surface area contributed by atoms with E-state index in [0.29, 0.717) is 12.3 Å². The molecule has 2 heterocycles. The minimum Gasteiger partial charge on any atom is -0.412 e. The highest BCUT2D eigenvalue weighted by Crippen LogP contribution is 2.39. The molecule has 0 aliphatic carbocycles. The summed E-state index contributed by atoms with van der Waals surface area (Å²) in [5, 5.41) is 10.9. The van der Waals surface area contributed by atoms with E-state index < -0.39 is 16.4 Å². The SMILES string of the molecule is CC(C)(C)[Si](C)(C)O[C@H]1CCN(c2ccc3c(c2)c(C#N)cn3COCC[Si](C)(C)C)C1. The Balaban J connectivity index is 1.71. The molecular formula is C25H41N3O2Si2. The van der Waals surface area contributed by atoms with Gasteiger partial charge in [-0.05, 0) is 48.8 Å². The van der Waals surface area contributed by atoms with Gasteiger partial charge in [0.25, 0.3) is 0 Å². The Morgan fingerprint density at radius 2 is 1.88 bits per heavy atom. The molecule has 1 fully saturated rings. The van der Waals surface area contributed by atoms with Crippen LogP contribution >= 0.6 is 0 Å². The Hall–Kier alpha value is -1.60. The average Bonchev–Trinajstić information content (AvgIpc) is 3.27. The van der Waals surface area contributed by atoms with E-state index in [1.165, 1.54) is 5.69 Å². The number of hydrogen-bond acceptors (Lipinski definition) is 4. The van der Waals surface area contributed by atoms with Gasteiger partial charge in [0.15, 0.2) is 8.32 Å². The monoisotopic (exact) mass is 471 g/mol. The molecule has 0 saturated carbocycles. The standard InChI is InChI=1S/C25H41N3O2Si2/c1-25(2,3)32(7,8)30-22-11-12-27(18-22)21-9-10-24-23(15-21)20(16-26)17-28(24)19-29-13-14-31(4,5)6/h9-10,15,17,22H,11-14,18-19H2,1-8H3/t22-/m0/s1. The first-order chi connectivity index (χ1) is 14.8. The van der Waals surface area contributed by atoms with Crippen LogP contribution in [0.15, 0.2) is 24.4 Å². The van der Waals surface area contributed by atoms with Crippen LogP contribution in [0.1, 0.15) is 32.8 Å². The number of nitrogens with zero attached hydrogens (tertiary/aromatic N) is 3. The first kappa shape index (κ1) is 25.0. The molecule has 1 atom stereocenters. The summed E-state index contributed by atoms with van der Waals surface area (Å²) < 4.78 is 14.7. The zero-order valence-electron chi connectivity index (χ0n) is 21.3. The molecule has 1 saturated heterocycles. The summed E-state index contributed by atoms with van der Waals surface area (Å²) in [5.74, 6) is 0. The Morgan fingerprint density at radius 3 is 2.50 bits per heavy atom. The fourth-order valence-electron chi connectivity index (χ4n) is 3.87. The summed E-state index contributed by atoms with van der Waals surface area (Å²) in [6.45, 7) is 21.8. The van der Waals surface area contributed by atoms with Gasteiger partial charge in [0, 0.05) is 45.0 Å². The number of benzene rings is 1. The van der Waals surface area contributed by atoms with Crippen LogP contribution in [0, 0.1) is 11.3 Å². The van der Waals surface area contributed by atoms with Crippen molar-refractivity contribution < 1.29 is 9.16 Å². The quantitative estimate of drug-likeness (QED) is 0.329. The minimum absolute atomic E-state index is 0.223. The number of rotatable bonds is 8. The Morgan fingerprint density at radius 1 is 1.16 bits per heavy atom. The van der Waals surface area contributed by atoms with Gasteiger partial charge in [-0.15, -0.1) is 0 Å². The highest BCUT2D eigenvalue weighted by molar-refractivity contribution is 6.76. The molecule has 32 heavy (non-hydrogen) atoms. The van der Waals surface area contributed by atoms with E-state index in [4.69, 9.17) is 9.16 Å². The summed E-state index contributed by atoms with van der Waals surface area (Å²) >= 11 is 0. The third-order valence-electron chi connectivity index (χ3n) is 6.99. The summed E-state index contributed by atoms with van der Waals surface area (Å²) in [6, 6.07) is 10.00. The first-order valence-electron chi connectivity index (χ1n) is 11.8. The maximum atomic E-state index is 9.70. The molecule has 0 spiro atoms. The topological polar surface area (TPSA) is 50.4 Å². The number of hydrogen-bond donors (Lipinski definition) is 0. The van der Waals surface area contributed by atoms with Crippen molar-refractivity contribution in [1.29, 1.82) is 5.26 Å². The Bertz CT molecular complexity index is 980. The second-order valence-electron chi connectivity index (χ2n) is 11.9. The van der Waals surface area contributed by atoms with E-state index in [0.717, 1.165) is 43.1 Å². The molecule has 1 aromatic carbocycles. The summed E-state index contributed by atoms with van der Waals surface area (Å²) in [7, 11) is -2.87. The van der Waals surface area contributed by atoms with Gasteiger partial charge in [-0.2, -0.15) is 5.26 Å². The molecule has 1 aliphatic heterocycles. The van der Waals surface area contributed by atoms with E-state index in [9.17, 15) is 5.26 Å². The van der Waals surface area contributed by atoms with Crippen LogP contribution in [0.3, 0.4) is 0 Å². The van der Waals surface area contributed by atoms with Crippen molar-refractivity contribution in [3.63, 3.8) is 0 Å². The number of aromatic nitrogens is 1. The van der Waals surface area contributed by atoms with Crippen LogP contribution in [0.25, 0.3) is 10.9 Å². The van der Waals surface area contributed by atoms with E-state index in [1.807, 2.05) is 6.20 Å². The molecule has 0 unspecified atom stereocenters. The van der Waals surface area contributed by atoms with Gasteiger partial charge < -0.3 is 18.6 Å². The number of ether oxygens (including phenoxy) is 1. The van der Waals surface area contributed by atoms with E-state index >= 15 is 0 Å². The van der Waals surface area contributed by atoms with Crippen molar-refractivity contribution in [3.8, 4) is 6.07 Å². The average molecular weight is 472 g/mol. The smallest absolute Gasteiger partial charge is 0.192 e. The molecule has 0 N–H and O–H groups in total. The molecule has 1 aromatic heterocycles. The van der Waals surface area contributed by atoms with Crippen molar-refractivity contribution in [3.05, 3.63) is 30.0 Å². The van der Waals surface area contributed by atoms with Crippen LogP contribution in [-0.2, 0) is 15.9 Å². The number of fused-ring (bicyclic) bond motifs is 1. The highest BCUT2D eigenvalue weighted by Gasteiger charge is 2.40. The summed E-state index contributed by atoms with van der Waals surface area (Å²) in [5.41, 5.74) is 2.95. The van der Waals surface area contributed by atoms with Crippen molar-refractivity contribution in [2.24, 2.45) is 0 Å². The lowest BCUT2D eigenvalue weighted by atomic mass is 10.1. The molecule has 0 radical (unpaired) electrons. The summed E-state index contributed by atoms with van der Waals surface area (Å²) in [6.07, 6.45) is 3.27. The molecule has 176 valence electrons. The second-order valence-corrected chi connectivity index (χ2v) is 22.3. The molecule has 1 aliphatic rings. The fourth-order valence-corrected chi connectivity index (χ4v) is 6.01. The van der Waals surface area contributed by atoms with Gasteiger partial charge in [-0.1, -0.05) is 40.4 Å². The van der Waals surface area contributed by atoms with Crippen LogP contribution in [0.2, 0.25) is 43.8 Å². The first-order valence-corrected chi connectivity index (χ1v) is 18.5. The van der Waals surface area contributed by atoms with Crippen LogP contribution in [-0.4, -0.2) is 46.8 Å². The van der Waals surface area contributed by atoms with Crippen molar-refractivity contribution in [2.45, 2.75) is 83.8 Å². The van der Waals surface area contributed by atoms with Crippen LogP contribution in [0.4, 0.5) is 5.69 Å². The number of anilines is 1. The predicted octanol–water partition coefficient (Wildman–Crippen LogP) is 6.43. The molecule has 2 aromatic rings. The zero-order chi connectivity index (χ0) is 23.7. The fraction of sp³-hybridized carbons (Fsp3) is 0.640. The van der Waals surface area contributed by atoms with Crippen molar-refractivity contribution >= 4 is 33.0 Å². The minimum atomic E-state index is -1.77. The lowest BCUT2D eigenvalue weighted by Crippen LogP contribution is -2.44. The Kier molecular flexibility index (Phi) is 7.31. The van der Waals surface area contributed by atoms with E-state index in [1.54, 1.807) is 0 Å². The number of nitriles is 1. The van der Waals surface area contributed by atoms with Gasteiger partial charge in [-0.3, -0.25) is 0 Å². The van der Waals surface area contributed by atoms with Crippen molar-refractivity contribution in [1.82, 2.24) is 4.57 Å². The van der Waals surface area contributed by atoms with E-state index in [-0.39, 0.29) is 11.1 Å². The molecule has 0 bridgehead atoms. The molecule has 3 rings (SSSR count). The predicted molar refractivity (Wildman–Crippen MR) is 140 cm³/mol. The van der Waals surface area contributed by atoms with Gasteiger partial charge in [0.1, 0.15) is 12.8 Å². The highest BCUT2D eigenvalue weighted by atomic mass is 28.4. The van der Waals surface area contributed by atoms with Crippen LogP contribution < -0.4 is 4.90 Å². The third kappa shape index (κ3) is 5.85. The van der Waals surface area contributed by atoms with Gasteiger partial charge in [-0.25, -0.2) is 0 Å². The lowest BCUT2D eigenvalue weighted by Gasteiger charge is -2.38. The molecule has 7 heteroatoms. The zero-order valence-corrected chi connectivity index (χ0v) is 23.3.